The predicted molar refractivity (Wildman–Crippen MR) is 126 cm³/mol. The summed E-state index contributed by atoms with van der Waals surface area (Å²) >= 11 is 0. The van der Waals surface area contributed by atoms with Gasteiger partial charge in [0.1, 0.15) is 21.8 Å². The van der Waals surface area contributed by atoms with E-state index in [0.29, 0.717) is 12.5 Å². The molecule has 168 valence electrons. The van der Waals surface area contributed by atoms with Crippen LogP contribution in [-0.2, 0) is 19.7 Å². The average Bonchev–Trinajstić information content (AvgIpc) is 2.77. The van der Waals surface area contributed by atoms with Gasteiger partial charge in [0.25, 0.3) is 0 Å². The van der Waals surface area contributed by atoms with Gasteiger partial charge >= 0.3 is 6.09 Å². The summed E-state index contributed by atoms with van der Waals surface area (Å²) in [5, 5.41) is 0.129. The number of ether oxygens (including phenoxy) is 2. The number of hydrogen-bond acceptors (Lipinski definition) is 4. The second-order valence-corrected chi connectivity index (χ2v) is 11.0. The van der Waals surface area contributed by atoms with E-state index in [4.69, 9.17) is 9.47 Å². The quantitative estimate of drug-likeness (QED) is 0.344. The zero-order chi connectivity index (χ0) is 22.4. The molecule has 1 saturated heterocycles. The average molecular weight is 445 g/mol. The van der Waals surface area contributed by atoms with E-state index in [1.807, 2.05) is 45.9 Å². The highest BCUT2D eigenvalue weighted by molar-refractivity contribution is 7.89. The molecule has 1 amide bonds. The summed E-state index contributed by atoms with van der Waals surface area (Å²) in [7, 11) is -1.38. The Hall–Kier alpha value is -2.26. The number of carbonyl (C=O) groups excluding carboxylic acids is 1. The smallest absolute Gasteiger partial charge is 0.410 e. The van der Waals surface area contributed by atoms with Crippen LogP contribution in [0.15, 0.2) is 35.2 Å². The number of likely N-dealkylation sites (tertiary alicyclic amines) is 1. The van der Waals surface area contributed by atoms with Crippen LogP contribution < -0.4 is 4.74 Å². The summed E-state index contributed by atoms with van der Waals surface area (Å²) in [5.41, 5.74) is 1.16. The molecule has 0 N–H and O–H groups in total. The Morgan fingerprint density at radius 3 is 2.39 bits per heavy atom. The Labute approximate surface area is 188 Å². The third kappa shape index (κ3) is 6.61. The Balaban J connectivity index is 1.45. The predicted octanol–water partition coefficient (Wildman–Crippen LogP) is 4.80. The van der Waals surface area contributed by atoms with E-state index in [1.54, 1.807) is 4.90 Å². The Kier molecular flexibility index (Phi) is 8.20. The van der Waals surface area contributed by atoms with Gasteiger partial charge in [-0.15, -0.1) is 4.21 Å². The van der Waals surface area contributed by atoms with Crippen molar-refractivity contribution in [3.8, 4) is 17.6 Å². The summed E-state index contributed by atoms with van der Waals surface area (Å²) in [6, 6.07) is 8.14. The third-order valence-electron chi connectivity index (χ3n) is 5.61. The molecule has 31 heavy (non-hydrogen) atoms. The summed E-state index contributed by atoms with van der Waals surface area (Å²) in [6.07, 6.45) is 4.39. The van der Waals surface area contributed by atoms with E-state index in [-0.39, 0.29) is 23.4 Å². The first-order valence-corrected chi connectivity index (χ1v) is 12.5. The highest BCUT2D eigenvalue weighted by atomic mass is 32.2. The molecule has 5 nitrogen and oxygen atoms in total. The lowest BCUT2D eigenvalue weighted by molar-refractivity contribution is 0.0608. The molecule has 0 bridgehead atoms. The minimum Gasteiger partial charge on any atom is -0.493 e. The van der Waals surface area contributed by atoms with E-state index in [0.717, 1.165) is 48.6 Å². The van der Waals surface area contributed by atoms with Gasteiger partial charge in [-0.05, 0) is 82.6 Å². The van der Waals surface area contributed by atoms with Crippen molar-refractivity contribution in [2.24, 2.45) is 5.92 Å². The van der Waals surface area contributed by atoms with Crippen molar-refractivity contribution in [2.45, 2.75) is 64.2 Å². The monoisotopic (exact) mass is 444 g/mol. The van der Waals surface area contributed by atoms with Crippen LogP contribution in [0.1, 0.15) is 58.4 Å². The summed E-state index contributed by atoms with van der Waals surface area (Å²) < 4.78 is 23.5. The van der Waals surface area contributed by atoms with E-state index < -0.39 is 10.8 Å². The molecule has 0 aromatic heterocycles. The minimum atomic E-state index is -1.38. The topological polar surface area (TPSA) is 55.8 Å². The normalized spacial score (nSPS) is 20.1. The number of thiol groups is 1. The zero-order valence-electron chi connectivity index (χ0n) is 19.0. The molecule has 0 saturated carbocycles. The first-order chi connectivity index (χ1) is 14.8. The van der Waals surface area contributed by atoms with Crippen molar-refractivity contribution in [2.75, 3.05) is 19.7 Å². The molecular formula is C25H34NO4S+. The molecule has 0 radical (unpaired) electrons. The molecule has 3 rings (SSSR count). The molecule has 2 unspecified atom stereocenters. The van der Waals surface area contributed by atoms with Gasteiger partial charge in [0.2, 0.25) is 4.91 Å². The maximum absolute atomic E-state index is 12.2. The number of carbonyl (C=O) groups is 1. The van der Waals surface area contributed by atoms with Crippen LogP contribution in [0, 0.1) is 17.8 Å². The van der Waals surface area contributed by atoms with Gasteiger partial charge in [-0.2, -0.15) is 0 Å². The van der Waals surface area contributed by atoms with Crippen molar-refractivity contribution in [1.82, 2.24) is 4.90 Å². The van der Waals surface area contributed by atoms with Gasteiger partial charge in [-0.25, -0.2) is 4.79 Å². The van der Waals surface area contributed by atoms with Crippen LogP contribution in [-0.4, -0.2) is 42.0 Å². The van der Waals surface area contributed by atoms with E-state index in [9.17, 15) is 9.00 Å². The fraction of sp³-hybridized carbons (Fsp3) is 0.560. The molecular weight excluding hydrogens is 410 g/mol. The largest absolute Gasteiger partial charge is 0.493 e. The first kappa shape index (κ1) is 23.4. The lowest BCUT2D eigenvalue weighted by atomic mass is 9.94. The molecule has 1 aromatic rings. The fourth-order valence-electron chi connectivity index (χ4n) is 3.71. The Morgan fingerprint density at radius 2 is 1.84 bits per heavy atom. The molecule has 1 heterocycles. The van der Waals surface area contributed by atoms with Crippen LogP contribution in [0.3, 0.4) is 0 Å². The Bertz CT molecular complexity index is 871. The van der Waals surface area contributed by atoms with Gasteiger partial charge in [0, 0.05) is 19.0 Å². The van der Waals surface area contributed by atoms with Crippen molar-refractivity contribution < 1.29 is 18.5 Å². The summed E-state index contributed by atoms with van der Waals surface area (Å²) in [5.74, 6) is 7.82. The summed E-state index contributed by atoms with van der Waals surface area (Å²) in [4.78, 5) is 14.6. The molecule has 0 spiro atoms. The SMILES string of the molecule is CC(C)OC(=O)N1CCC(COc2ccc(C3C#CC([SH+](=O)C(C)C)=CC3)cc2)CC1. The van der Waals surface area contributed by atoms with Gasteiger partial charge in [-0.1, -0.05) is 18.1 Å². The van der Waals surface area contributed by atoms with Crippen molar-refractivity contribution in [1.29, 1.82) is 0 Å². The number of rotatable bonds is 7. The standard InChI is InChI=1S/C25H33NO4S/c1-18(2)30-25(27)26-15-13-20(14-16-26)17-29-23-9-5-21(6-10-23)22-7-11-24(12-8-22)31(28)19(3)4/h5-6,9-11,18-20,22H,7,13-17H2,1-4H3/p+1. The van der Waals surface area contributed by atoms with Gasteiger partial charge in [0.05, 0.1) is 12.7 Å². The maximum atomic E-state index is 12.2. The number of nitrogens with zero attached hydrogens (tertiary/aromatic N) is 1. The second-order valence-electron chi connectivity index (χ2n) is 8.81. The lowest BCUT2D eigenvalue weighted by Crippen LogP contribution is -2.40. The first-order valence-electron chi connectivity index (χ1n) is 11.2. The van der Waals surface area contributed by atoms with Crippen LogP contribution >= 0.6 is 0 Å². The number of piperidine rings is 1. The zero-order valence-corrected chi connectivity index (χ0v) is 19.9. The second kappa shape index (κ2) is 10.9. The molecule has 1 aromatic carbocycles. The molecule has 1 aliphatic carbocycles. The van der Waals surface area contributed by atoms with Gasteiger partial charge in [0.15, 0.2) is 0 Å². The van der Waals surface area contributed by atoms with Crippen LogP contribution in [0.5, 0.6) is 5.75 Å². The number of amides is 1. The lowest BCUT2D eigenvalue weighted by Gasteiger charge is -2.31. The highest BCUT2D eigenvalue weighted by Crippen LogP contribution is 2.27. The molecule has 1 aliphatic heterocycles. The van der Waals surface area contributed by atoms with E-state index in [2.05, 4.69) is 24.0 Å². The highest BCUT2D eigenvalue weighted by Gasteiger charge is 2.25. The summed E-state index contributed by atoms with van der Waals surface area (Å²) in [6.45, 7) is 9.77. The fourth-order valence-corrected chi connectivity index (χ4v) is 4.73. The van der Waals surface area contributed by atoms with Crippen LogP contribution in [0.25, 0.3) is 0 Å². The molecule has 1 fully saturated rings. The van der Waals surface area contributed by atoms with Crippen LogP contribution in [0.2, 0.25) is 0 Å². The number of hydrogen-bond donors (Lipinski definition) is 0. The maximum Gasteiger partial charge on any atom is 0.410 e. The van der Waals surface area contributed by atoms with Crippen molar-refractivity contribution in [3.05, 3.63) is 40.8 Å². The van der Waals surface area contributed by atoms with Crippen LogP contribution in [0.4, 0.5) is 4.79 Å². The minimum absolute atomic E-state index is 0.0845. The Morgan fingerprint density at radius 1 is 1.16 bits per heavy atom. The third-order valence-corrected chi connectivity index (χ3v) is 7.31. The van der Waals surface area contributed by atoms with E-state index >= 15 is 0 Å². The number of benzene rings is 1. The molecule has 2 aliphatic rings. The van der Waals surface area contributed by atoms with Crippen molar-refractivity contribution >= 4 is 16.9 Å². The number of allylic oxidation sites excluding steroid dienone is 2. The van der Waals surface area contributed by atoms with Gasteiger partial charge in [-0.3, -0.25) is 0 Å². The van der Waals surface area contributed by atoms with E-state index in [1.165, 1.54) is 0 Å². The molecule has 6 heteroatoms. The molecule has 2 atom stereocenters. The van der Waals surface area contributed by atoms with Gasteiger partial charge < -0.3 is 14.4 Å². The van der Waals surface area contributed by atoms with Crippen molar-refractivity contribution in [3.63, 3.8) is 0 Å².